The van der Waals surface area contributed by atoms with E-state index in [1.807, 2.05) is 18.2 Å². The Bertz CT molecular complexity index is 454. The average Bonchev–Trinajstić information content (AvgIpc) is 2.47. The van der Waals surface area contributed by atoms with Crippen molar-refractivity contribution >= 4 is 0 Å². The molecule has 1 atom stereocenters. The van der Waals surface area contributed by atoms with E-state index >= 15 is 0 Å². The molecule has 1 aliphatic rings. The van der Waals surface area contributed by atoms with E-state index < -0.39 is 0 Å². The van der Waals surface area contributed by atoms with E-state index in [1.165, 1.54) is 0 Å². The third-order valence-electron chi connectivity index (χ3n) is 4.66. The van der Waals surface area contributed by atoms with Gasteiger partial charge in [-0.05, 0) is 43.7 Å². The maximum absolute atomic E-state index is 9.54. The van der Waals surface area contributed by atoms with Crippen LogP contribution in [0.1, 0.15) is 44.6 Å². The summed E-state index contributed by atoms with van der Waals surface area (Å²) >= 11 is 0. The molecule has 0 bridgehead atoms. The van der Waals surface area contributed by atoms with Crippen molar-refractivity contribution in [3.05, 3.63) is 35.9 Å². The number of rotatable bonds is 8. The van der Waals surface area contributed by atoms with E-state index in [2.05, 4.69) is 30.4 Å². The lowest BCUT2D eigenvalue weighted by molar-refractivity contribution is 0.201. The van der Waals surface area contributed by atoms with E-state index in [-0.39, 0.29) is 12.0 Å². The molecule has 2 N–H and O–H groups in total. The van der Waals surface area contributed by atoms with Gasteiger partial charge >= 0.3 is 0 Å². The van der Waals surface area contributed by atoms with Crippen molar-refractivity contribution in [2.45, 2.75) is 50.5 Å². The van der Waals surface area contributed by atoms with E-state index in [9.17, 15) is 5.26 Å². The highest BCUT2D eigenvalue weighted by molar-refractivity contribution is 5.36. The number of nitriles is 1. The predicted octanol–water partition coefficient (Wildman–Crippen LogP) is 3.00. The third-order valence-corrected chi connectivity index (χ3v) is 4.66. The first kappa shape index (κ1) is 16.0. The van der Waals surface area contributed by atoms with Crippen molar-refractivity contribution in [1.29, 1.82) is 5.26 Å². The van der Waals surface area contributed by atoms with E-state index in [4.69, 9.17) is 5.11 Å². The maximum atomic E-state index is 9.54. The van der Waals surface area contributed by atoms with Crippen LogP contribution in [-0.2, 0) is 5.41 Å². The molecule has 0 spiro atoms. The Morgan fingerprint density at radius 2 is 2.05 bits per heavy atom. The molecule has 0 amide bonds. The Hall–Kier alpha value is -1.37. The van der Waals surface area contributed by atoms with Gasteiger partial charge in [-0.15, -0.1) is 0 Å². The molecule has 1 unspecified atom stereocenters. The van der Waals surface area contributed by atoms with E-state index in [0.29, 0.717) is 12.0 Å². The highest BCUT2D eigenvalue weighted by Crippen LogP contribution is 2.43. The zero-order valence-electron chi connectivity index (χ0n) is 12.9. The molecule has 1 fully saturated rings. The summed E-state index contributed by atoms with van der Waals surface area (Å²) in [5, 5.41) is 22.2. The Labute approximate surface area is 128 Å². The second-order valence-electron chi connectivity index (χ2n) is 6.24. The predicted molar refractivity (Wildman–Crippen MR) is 84.9 cm³/mol. The van der Waals surface area contributed by atoms with Crippen LogP contribution in [0.4, 0.5) is 0 Å². The van der Waals surface area contributed by atoms with Crippen LogP contribution in [0.25, 0.3) is 0 Å². The molecular formula is C18H26N2O. The number of aliphatic hydroxyl groups excluding tert-OH is 1. The van der Waals surface area contributed by atoms with Gasteiger partial charge in [-0.25, -0.2) is 0 Å². The summed E-state index contributed by atoms with van der Waals surface area (Å²) in [6.07, 6.45) is 4.97. The Morgan fingerprint density at radius 1 is 1.33 bits per heavy atom. The topological polar surface area (TPSA) is 56.0 Å². The second kappa shape index (κ2) is 7.59. The molecule has 1 aromatic carbocycles. The van der Waals surface area contributed by atoms with Crippen LogP contribution in [0.2, 0.25) is 0 Å². The molecule has 1 aromatic rings. The fourth-order valence-electron chi connectivity index (χ4n) is 3.35. The lowest BCUT2D eigenvalue weighted by Gasteiger charge is -2.44. The SMILES string of the molecule is CCCC(CCO)CNC1CC(C#N)(c2ccccc2)C1. The molecule has 0 radical (unpaired) electrons. The lowest BCUT2D eigenvalue weighted by atomic mass is 9.62. The van der Waals surface area contributed by atoms with Crippen molar-refractivity contribution in [1.82, 2.24) is 5.32 Å². The Kier molecular flexibility index (Phi) is 5.78. The van der Waals surface area contributed by atoms with Gasteiger partial charge in [0.15, 0.2) is 0 Å². The molecule has 1 saturated carbocycles. The van der Waals surface area contributed by atoms with Crippen molar-refractivity contribution < 1.29 is 5.11 Å². The molecule has 21 heavy (non-hydrogen) atoms. The molecule has 0 saturated heterocycles. The minimum absolute atomic E-state index is 0.267. The molecule has 3 heteroatoms. The lowest BCUT2D eigenvalue weighted by Crippen LogP contribution is -2.51. The van der Waals surface area contributed by atoms with E-state index in [1.54, 1.807) is 0 Å². The third kappa shape index (κ3) is 3.84. The zero-order valence-corrected chi connectivity index (χ0v) is 12.9. The van der Waals surface area contributed by atoms with Crippen LogP contribution in [0.15, 0.2) is 30.3 Å². The van der Waals surface area contributed by atoms with Gasteiger partial charge in [0.2, 0.25) is 0 Å². The first-order valence-corrected chi connectivity index (χ1v) is 8.05. The molecular weight excluding hydrogens is 260 g/mol. The highest BCUT2D eigenvalue weighted by Gasteiger charge is 2.45. The molecule has 0 heterocycles. The molecule has 3 nitrogen and oxygen atoms in total. The molecule has 0 aliphatic heterocycles. The monoisotopic (exact) mass is 286 g/mol. The summed E-state index contributed by atoms with van der Waals surface area (Å²) in [6.45, 7) is 3.41. The van der Waals surface area contributed by atoms with Gasteiger partial charge in [-0.1, -0.05) is 43.7 Å². The maximum Gasteiger partial charge on any atom is 0.0852 e. The summed E-state index contributed by atoms with van der Waals surface area (Å²) in [6, 6.07) is 13.1. The summed E-state index contributed by atoms with van der Waals surface area (Å²) in [5.74, 6) is 0.550. The number of benzene rings is 1. The Morgan fingerprint density at radius 3 is 2.62 bits per heavy atom. The molecule has 114 valence electrons. The average molecular weight is 286 g/mol. The smallest absolute Gasteiger partial charge is 0.0852 e. The van der Waals surface area contributed by atoms with Crippen molar-refractivity contribution in [2.24, 2.45) is 5.92 Å². The van der Waals surface area contributed by atoms with Crippen molar-refractivity contribution in [3.8, 4) is 6.07 Å². The van der Waals surface area contributed by atoms with Crippen LogP contribution >= 0.6 is 0 Å². The van der Waals surface area contributed by atoms with Crippen molar-refractivity contribution in [3.63, 3.8) is 0 Å². The number of nitrogens with one attached hydrogen (secondary N) is 1. The number of aliphatic hydroxyl groups is 1. The summed E-state index contributed by atoms with van der Waals surface area (Å²) in [5.41, 5.74) is 0.849. The number of hydrogen-bond acceptors (Lipinski definition) is 3. The first-order chi connectivity index (χ1) is 10.2. The van der Waals surface area contributed by atoms with Gasteiger partial charge < -0.3 is 10.4 Å². The standard InChI is InChI=1S/C18H26N2O/c1-2-6-15(9-10-21)13-20-17-11-18(12-17,14-19)16-7-4-3-5-8-16/h3-5,7-8,15,17,20-21H,2,6,9-13H2,1H3. The fourth-order valence-corrected chi connectivity index (χ4v) is 3.35. The minimum Gasteiger partial charge on any atom is -0.396 e. The van der Waals surface area contributed by atoms with Crippen LogP contribution in [0, 0.1) is 17.2 Å². The zero-order chi connectivity index (χ0) is 15.1. The fraction of sp³-hybridized carbons (Fsp3) is 0.611. The normalized spacial score (nSPS) is 25.9. The number of hydrogen-bond donors (Lipinski definition) is 2. The Balaban J connectivity index is 1.84. The minimum atomic E-state index is -0.295. The van der Waals surface area contributed by atoms with Gasteiger partial charge in [0, 0.05) is 12.6 Å². The number of nitrogens with zero attached hydrogens (tertiary/aromatic N) is 1. The first-order valence-electron chi connectivity index (χ1n) is 8.05. The van der Waals surface area contributed by atoms with Crippen LogP contribution < -0.4 is 5.32 Å². The quantitative estimate of drug-likeness (QED) is 0.772. The summed E-state index contributed by atoms with van der Waals surface area (Å²) < 4.78 is 0. The van der Waals surface area contributed by atoms with Gasteiger partial charge in [-0.2, -0.15) is 5.26 Å². The molecule has 1 aliphatic carbocycles. The van der Waals surface area contributed by atoms with Crippen LogP contribution in [0.3, 0.4) is 0 Å². The van der Waals surface area contributed by atoms with Crippen LogP contribution in [0.5, 0.6) is 0 Å². The molecule has 0 aromatic heterocycles. The molecule has 2 rings (SSSR count). The highest BCUT2D eigenvalue weighted by atomic mass is 16.3. The summed E-state index contributed by atoms with van der Waals surface area (Å²) in [4.78, 5) is 0. The van der Waals surface area contributed by atoms with Gasteiger partial charge in [0.05, 0.1) is 11.5 Å². The largest absolute Gasteiger partial charge is 0.396 e. The van der Waals surface area contributed by atoms with Gasteiger partial charge in [0.1, 0.15) is 0 Å². The summed E-state index contributed by atoms with van der Waals surface area (Å²) in [7, 11) is 0. The second-order valence-corrected chi connectivity index (χ2v) is 6.24. The van der Waals surface area contributed by atoms with Gasteiger partial charge in [-0.3, -0.25) is 0 Å². The van der Waals surface area contributed by atoms with E-state index in [0.717, 1.165) is 44.2 Å². The van der Waals surface area contributed by atoms with Gasteiger partial charge in [0.25, 0.3) is 0 Å². The van der Waals surface area contributed by atoms with Crippen molar-refractivity contribution in [2.75, 3.05) is 13.2 Å². The van der Waals surface area contributed by atoms with Crippen LogP contribution in [-0.4, -0.2) is 24.3 Å².